The molecule has 1 fully saturated rings. The van der Waals surface area contributed by atoms with Gasteiger partial charge in [-0.3, -0.25) is 4.68 Å². The number of nitrogens with one attached hydrogen (secondary N) is 1. The molecule has 1 aliphatic rings. The van der Waals surface area contributed by atoms with Crippen molar-refractivity contribution < 1.29 is 0 Å². The van der Waals surface area contributed by atoms with Gasteiger partial charge in [-0.25, -0.2) is 0 Å². The summed E-state index contributed by atoms with van der Waals surface area (Å²) in [6.45, 7) is 12.5. The fourth-order valence-electron chi connectivity index (χ4n) is 3.49. The second-order valence-electron chi connectivity index (χ2n) is 7.75. The van der Waals surface area contributed by atoms with E-state index in [4.69, 9.17) is 5.10 Å². The topological polar surface area (TPSA) is 29.9 Å². The van der Waals surface area contributed by atoms with E-state index in [1.165, 1.54) is 31.4 Å². The van der Waals surface area contributed by atoms with Gasteiger partial charge in [-0.2, -0.15) is 5.10 Å². The van der Waals surface area contributed by atoms with E-state index in [1.54, 1.807) is 0 Å². The van der Waals surface area contributed by atoms with Crippen LogP contribution in [0.4, 0.5) is 0 Å². The third kappa shape index (κ3) is 4.57. The first kappa shape index (κ1) is 16.5. The Morgan fingerprint density at radius 2 is 2.00 bits per heavy atom. The highest BCUT2D eigenvalue weighted by atomic mass is 15.3. The van der Waals surface area contributed by atoms with Crippen LogP contribution in [-0.4, -0.2) is 22.4 Å². The summed E-state index contributed by atoms with van der Waals surface area (Å²) in [4.78, 5) is 0. The third-order valence-electron chi connectivity index (χ3n) is 5.04. The Hall–Kier alpha value is -0.830. The summed E-state index contributed by atoms with van der Waals surface area (Å²) in [5.41, 5.74) is 1.78. The fourth-order valence-corrected chi connectivity index (χ4v) is 3.49. The largest absolute Gasteiger partial charge is 0.314 e. The van der Waals surface area contributed by atoms with Crippen LogP contribution in [0.1, 0.15) is 72.0 Å². The van der Waals surface area contributed by atoms with E-state index >= 15 is 0 Å². The third-order valence-corrected chi connectivity index (χ3v) is 5.04. The summed E-state index contributed by atoms with van der Waals surface area (Å²) >= 11 is 0. The molecule has 1 atom stereocenters. The van der Waals surface area contributed by atoms with Crippen LogP contribution >= 0.6 is 0 Å². The Kier molecular flexibility index (Phi) is 5.48. The number of rotatable bonds is 6. The zero-order valence-corrected chi connectivity index (χ0v) is 14.5. The zero-order valence-electron chi connectivity index (χ0n) is 14.5. The first-order chi connectivity index (χ1) is 9.91. The minimum atomic E-state index is 0.451. The molecule has 0 amide bonds. The number of aromatic nitrogens is 2. The molecule has 2 rings (SSSR count). The quantitative estimate of drug-likeness (QED) is 0.851. The molecule has 3 heteroatoms. The lowest BCUT2D eigenvalue weighted by molar-refractivity contribution is 0.161. The average molecular weight is 291 g/mol. The maximum Gasteiger partial charge on any atom is 0.0640 e. The van der Waals surface area contributed by atoms with Crippen LogP contribution in [0.3, 0.4) is 0 Å². The Balaban J connectivity index is 1.98. The molecule has 1 heterocycles. The zero-order chi connectivity index (χ0) is 15.5. The normalized spacial score (nSPS) is 20.9. The first-order valence-electron chi connectivity index (χ1n) is 8.68. The van der Waals surface area contributed by atoms with Gasteiger partial charge in [-0.05, 0) is 63.5 Å². The maximum absolute atomic E-state index is 4.73. The van der Waals surface area contributed by atoms with Crippen LogP contribution in [-0.2, 0) is 6.42 Å². The molecule has 1 N–H and O–H groups in total. The van der Waals surface area contributed by atoms with Gasteiger partial charge >= 0.3 is 0 Å². The molecule has 0 bridgehead atoms. The summed E-state index contributed by atoms with van der Waals surface area (Å²) in [6, 6.07) is 3.23. The van der Waals surface area contributed by atoms with Gasteiger partial charge in [0.05, 0.1) is 5.69 Å². The molecule has 0 saturated heterocycles. The lowest BCUT2D eigenvalue weighted by atomic mass is 9.70. The molecular formula is C18H33N3. The smallest absolute Gasteiger partial charge is 0.0640 e. The summed E-state index contributed by atoms with van der Waals surface area (Å²) in [5, 5.41) is 8.45. The van der Waals surface area contributed by atoms with E-state index in [0.717, 1.165) is 18.9 Å². The van der Waals surface area contributed by atoms with E-state index in [0.29, 0.717) is 17.5 Å². The van der Waals surface area contributed by atoms with Crippen molar-refractivity contribution in [1.82, 2.24) is 15.1 Å². The van der Waals surface area contributed by atoms with Gasteiger partial charge in [-0.1, -0.05) is 20.8 Å². The minimum absolute atomic E-state index is 0.451. The van der Waals surface area contributed by atoms with Gasteiger partial charge in [-0.15, -0.1) is 0 Å². The molecule has 1 aromatic rings. The van der Waals surface area contributed by atoms with Crippen molar-refractivity contribution in [3.63, 3.8) is 0 Å². The Morgan fingerprint density at radius 3 is 2.52 bits per heavy atom. The highest BCUT2D eigenvalue weighted by Crippen LogP contribution is 2.39. The number of hydrogen-bond acceptors (Lipinski definition) is 2. The van der Waals surface area contributed by atoms with E-state index in [2.05, 4.69) is 56.9 Å². The van der Waals surface area contributed by atoms with E-state index in [-0.39, 0.29) is 0 Å². The lowest BCUT2D eigenvalue weighted by Gasteiger charge is -2.38. The number of likely N-dealkylation sites (N-methyl/N-ethyl adjacent to an activating group) is 1. The van der Waals surface area contributed by atoms with Gasteiger partial charge < -0.3 is 5.32 Å². The lowest BCUT2D eigenvalue weighted by Crippen LogP contribution is -2.40. The highest BCUT2D eigenvalue weighted by molar-refractivity contribution is 5.03. The molecule has 0 aliphatic heterocycles. The van der Waals surface area contributed by atoms with Crippen LogP contribution in [0.15, 0.2) is 12.3 Å². The summed E-state index contributed by atoms with van der Waals surface area (Å²) in [6.07, 6.45) is 8.62. The molecule has 1 aliphatic carbocycles. The van der Waals surface area contributed by atoms with E-state index < -0.39 is 0 Å². The molecule has 120 valence electrons. The monoisotopic (exact) mass is 291 g/mol. The average Bonchev–Trinajstić information content (AvgIpc) is 2.87. The van der Waals surface area contributed by atoms with Crippen molar-refractivity contribution in [3.05, 3.63) is 18.0 Å². The standard InChI is InChI=1S/C18H33N3/c1-6-19-17(15-7-10-18(4,5)11-8-15)13-16-9-12-21(20-16)14(2)3/h9,12,14-15,17,19H,6-8,10-11,13H2,1-5H3. The summed E-state index contributed by atoms with van der Waals surface area (Å²) < 4.78 is 2.07. The molecule has 1 aromatic heterocycles. The second-order valence-corrected chi connectivity index (χ2v) is 7.75. The van der Waals surface area contributed by atoms with Crippen molar-refractivity contribution >= 4 is 0 Å². The van der Waals surface area contributed by atoms with Crippen LogP contribution < -0.4 is 5.32 Å². The van der Waals surface area contributed by atoms with E-state index in [9.17, 15) is 0 Å². The van der Waals surface area contributed by atoms with Crippen molar-refractivity contribution in [2.45, 2.75) is 78.8 Å². The molecule has 3 nitrogen and oxygen atoms in total. The molecule has 1 saturated carbocycles. The highest BCUT2D eigenvalue weighted by Gasteiger charge is 2.31. The SMILES string of the molecule is CCNC(Cc1ccn(C(C)C)n1)C1CCC(C)(C)CC1. The molecule has 1 unspecified atom stereocenters. The summed E-state index contributed by atoms with van der Waals surface area (Å²) in [5.74, 6) is 0.808. The van der Waals surface area contributed by atoms with Crippen molar-refractivity contribution in [2.75, 3.05) is 6.54 Å². The van der Waals surface area contributed by atoms with Gasteiger partial charge in [0.25, 0.3) is 0 Å². The minimum Gasteiger partial charge on any atom is -0.314 e. The molecule has 21 heavy (non-hydrogen) atoms. The van der Waals surface area contributed by atoms with Crippen molar-refractivity contribution in [3.8, 4) is 0 Å². The molecule has 0 spiro atoms. The van der Waals surface area contributed by atoms with Crippen molar-refractivity contribution in [1.29, 1.82) is 0 Å². The van der Waals surface area contributed by atoms with Gasteiger partial charge in [0.2, 0.25) is 0 Å². The van der Waals surface area contributed by atoms with Crippen LogP contribution in [0, 0.1) is 11.3 Å². The predicted octanol–water partition coefficient (Wildman–Crippen LogP) is 4.20. The van der Waals surface area contributed by atoms with Crippen molar-refractivity contribution in [2.24, 2.45) is 11.3 Å². The number of hydrogen-bond donors (Lipinski definition) is 1. The summed E-state index contributed by atoms with van der Waals surface area (Å²) in [7, 11) is 0. The van der Waals surface area contributed by atoms with Gasteiger partial charge in [0, 0.05) is 24.7 Å². The van der Waals surface area contributed by atoms with Gasteiger partial charge in [0.1, 0.15) is 0 Å². The molecule has 0 radical (unpaired) electrons. The van der Waals surface area contributed by atoms with Crippen LogP contribution in [0.2, 0.25) is 0 Å². The second kappa shape index (κ2) is 6.95. The number of nitrogens with zero attached hydrogens (tertiary/aromatic N) is 2. The van der Waals surface area contributed by atoms with Gasteiger partial charge in [0.15, 0.2) is 0 Å². The van der Waals surface area contributed by atoms with Crippen LogP contribution in [0.5, 0.6) is 0 Å². The first-order valence-corrected chi connectivity index (χ1v) is 8.68. The maximum atomic E-state index is 4.73. The Labute approximate surface area is 130 Å². The molecule has 0 aromatic carbocycles. The Morgan fingerprint density at radius 1 is 1.33 bits per heavy atom. The van der Waals surface area contributed by atoms with Crippen LogP contribution in [0.25, 0.3) is 0 Å². The van der Waals surface area contributed by atoms with E-state index in [1.807, 2.05) is 0 Å². The molecular weight excluding hydrogens is 258 g/mol. The Bertz CT molecular complexity index is 423. The predicted molar refractivity (Wildman–Crippen MR) is 89.5 cm³/mol. The fraction of sp³-hybridized carbons (Fsp3) is 0.833.